The zero-order valence-electron chi connectivity index (χ0n) is 15.5. The highest BCUT2D eigenvalue weighted by Crippen LogP contribution is 2.41. The van der Waals surface area contributed by atoms with Crippen molar-refractivity contribution in [1.29, 1.82) is 0 Å². The lowest BCUT2D eigenvalue weighted by molar-refractivity contribution is -0.173. The summed E-state index contributed by atoms with van der Waals surface area (Å²) in [6.45, 7) is 7.26. The van der Waals surface area contributed by atoms with Crippen LogP contribution in [0.3, 0.4) is 0 Å². The third-order valence-electron chi connectivity index (χ3n) is 4.59. The molecule has 0 aromatic rings. The van der Waals surface area contributed by atoms with E-state index in [1.807, 2.05) is 13.8 Å². The number of ketones is 1. The average Bonchev–Trinajstić information content (AvgIpc) is 2.91. The number of carbonyl (C=O) groups excluding carboxylic acids is 4. The molecule has 1 saturated carbocycles. The molecule has 6 nitrogen and oxygen atoms in total. The average molecular weight is 352 g/mol. The van der Waals surface area contributed by atoms with Crippen molar-refractivity contribution in [3.63, 3.8) is 0 Å². The molecule has 1 aliphatic rings. The second kappa shape index (κ2) is 9.49. The number of esters is 2. The number of rotatable bonds is 9. The molecule has 0 aromatic carbocycles. The van der Waals surface area contributed by atoms with Gasteiger partial charge in [-0.3, -0.25) is 14.4 Å². The third-order valence-corrected chi connectivity index (χ3v) is 4.59. The van der Waals surface area contributed by atoms with Crippen molar-refractivity contribution in [2.24, 2.45) is 17.3 Å². The molecule has 1 fully saturated rings. The van der Waals surface area contributed by atoms with E-state index in [2.05, 4.69) is 0 Å². The van der Waals surface area contributed by atoms with Crippen molar-refractivity contribution < 1.29 is 28.7 Å². The molecule has 2 atom stereocenters. The van der Waals surface area contributed by atoms with Crippen LogP contribution in [-0.2, 0) is 28.7 Å². The molecule has 1 rings (SSSR count). The summed E-state index contributed by atoms with van der Waals surface area (Å²) in [4.78, 5) is 49.0. The van der Waals surface area contributed by atoms with Crippen molar-refractivity contribution in [3.05, 3.63) is 11.6 Å². The highest BCUT2D eigenvalue weighted by Gasteiger charge is 2.52. The summed E-state index contributed by atoms with van der Waals surface area (Å²) >= 11 is 0. The Morgan fingerprint density at radius 2 is 1.72 bits per heavy atom. The Balaban J connectivity index is 3.32. The maximum Gasteiger partial charge on any atom is 0.323 e. The van der Waals surface area contributed by atoms with Crippen LogP contribution in [0.2, 0.25) is 0 Å². The van der Waals surface area contributed by atoms with E-state index in [0.717, 1.165) is 11.9 Å². The van der Waals surface area contributed by atoms with Gasteiger partial charge in [0.2, 0.25) is 0 Å². The summed E-state index contributed by atoms with van der Waals surface area (Å²) in [5.41, 5.74) is -0.669. The first-order chi connectivity index (χ1) is 11.8. The molecular weight excluding hydrogens is 324 g/mol. The van der Waals surface area contributed by atoms with Crippen molar-refractivity contribution in [3.8, 4) is 0 Å². The molecule has 0 unspecified atom stereocenters. The number of allylic oxidation sites excluding steroid dienone is 2. The lowest BCUT2D eigenvalue weighted by Gasteiger charge is -2.31. The molecule has 25 heavy (non-hydrogen) atoms. The van der Waals surface area contributed by atoms with Gasteiger partial charge in [-0.05, 0) is 47.0 Å². The lowest BCUT2D eigenvalue weighted by atomic mass is 9.73. The van der Waals surface area contributed by atoms with E-state index in [0.29, 0.717) is 12.8 Å². The molecule has 0 radical (unpaired) electrons. The van der Waals surface area contributed by atoms with Crippen LogP contribution in [0.15, 0.2) is 11.6 Å². The molecule has 0 spiro atoms. The van der Waals surface area contributed by atoms with Gasteiger partial charge in [0.25, 0.3) is 0 Å². The lowest BCUT2D eigenvalue weighted by Crippen LogP contribution is -2.44. The zero-order valence-corrected chi connectivity index (χ0v) is 15.5. The Morgan fingerprint density at radius 3 is 2.16 bits per heavy atom. The minimum absolute atomic E-state index is 0.0588. The van der Waals surface area contributed by atoms with Crippen LogP contribution in [0.5, 0.6) is 0 Å². The van der Waals surface area contributed by atoms with E-state index < -0.39 is 29.2 Å². The Bertz CT molecular complexity index is 526. The summed E-state index contributed by atoms with van der Waals surface area (Å²) in [5, 5.41) is 0. The van der Waals surface area contributed by atoms with E-state index in [1.54, 1.807) is 19.9 Å². The molecule has 1 aliphatic carbocycles. The van der Waals surface area contributed by atoms with E-state index in [9.17, 15) is 19.2 Å². The fraction of sp³-hybridized carbons (Fsp3) is 0.684. The first kappa shape index (κ1) is 21.1. The number of ether oxygens (including phenoxy) is 2. The van der Waals surface area contributed by atoms with E-state index in [4.69, 9.17) is 9.47 Å². The zero-order chi connectivity index (χ0) is 19.0. The normalized spacial score (nSPS) is 20.1. The molecule has 0 saturated heterocycles. The molecule has 0 bridgehead atoms. The maximum absolute atomic E-state index is 12.7. The highest BCUT2D eigenvalue weighted by molar-refractivity contribution is 6.01. The molecule has 0 aromatic heterocycles. The number of Topliss-reactive ketones (excluding diaryl/α,β-unsaturated/α-hetero) is 1. The van der Waals surface area contributed by atoms with Crippen LogP contribution >= 0.6 is 0 Å². The third kappa shape index (κ3) is 5.00. The van der Waals surface area contributed by atoms with Gasteiger partial charge in [-0.25, -0.2) is 0 Å². The molecule has 0 heterocycles. The summed E-state index contributed by atoms with van der Waals surface area (Å²) in [5.74, 6) is -2.61. The Hall–Kier alpha value is -1.98. The van der Waals surface area contributed by atoms with Gasteiger partial charge in [0.1, 0.15) is 12.1 Å². The van der Waals surface area contributed by atoms with Crippen molar-refractivity contribution in [2.45, 2.75) is 53.4 Å². The minimum atomic E-state index is -1.60. The van der Waals surface area contributed by atoms with Gasteiger partial charge in [0.05, 0.1) is 13.2 Å². The molecule has 140 valence electrons. The monoisotopic (exact) mass is 352 g/mol. The SMILES string of the molecule is CCOC(=O)C(CC=C(C)C)(C[C@@H]1C(=O)CC[C@H]1C=O)C(=O)OCC. The van der Waals surface area contributed by atoms with Crippen LogP contribution < -0.4 is 0 Å². The van der Waals surface area contributed by atoms with Gasteiger partial charge < -0.3 is 14.3 Å². The first-order valence-electron chi connectivity index (χ1n) is 8.78. The smallest absolute Gasteiger partial charge is 0.323 e. The maximum atomic E-state index is 12.7. The van der Waals surface area contributed by atoms with E-state index >= 15 is 0 Å². The molecule has 0 N–H and O–H groups in total. The van der Waals surface area contributed by atoms with Crippen molar-refractivity contribution >= 4 is 24.0 Å². The first-order valence-corrected chi connectivity index (χ1v) is 8.78. The van der Waals surface area contributed by atoms with Crippen molar-refractivity contribution in [2.75, 3.05) is 13.2 Å². The Labute approximate surface area is 148 Å². The Morgan fingerprint density at radius 1 is 1.16 bits per heavy atom. The van der Waals surface area contributed by atoms with Gasteiger partial charge in [0, 0.05) is 18.3 Å². The summed E-state index contributed by atoms with van der Waals surface area (Å²) in [6, 6.07) is 0. The summed E-state index contributed by atoms with van der Waals surface area (Å²) < 4.78 is 10.3. The molecular formula is C19H28O6. The summed E-state index contributed by atoms with van der Waals surface area (Å²) in [7, 11) is 0. The quantitative estimate of drug-likeness (QED) is 0.274. The van der Waals surface area contributed by atoms with Gasteiger partial charge in [-0.2, -0.15) is 0 Å². The van der Waals surface area contributed by atoms with Crippen LogP contribution in [0.25, 0.3) is 0 Å². The predicted octanol–water partition coefficient (Wildman–Crippen LogP) is 2.64. The molecule has 0 aliphatic heterocycles. The largest absolute Gasteiger partial charge is 0.465 e. The second-order valence-electron chi connectivity index (χ2n) is 6.62. The van der Waals surface area contributed by atoms with Crippen LogP contribution in [-0.4, -0.2) is 37.2 Å². The van der Waals surface area contributed by atoms with Gasteiger partial charge in [-0.15, -0.1) is 0 Å². The Kier molecular flexibility index (Phi) is 8.00. The van der Waals surface area contributed by atoms with Gasteiger partial charge in [0.15, 0.2) is 5.41 Å². The van der Waals surface area contributed by atoms with Gasteiger partial charge in [-0.1, -0.05) is 11.6 Å². The van der Waals surface area contributed by atoms with Crippen molar-refractivity contribution in [1.82, 2.24) is 0 Å². The molecule has 0 amide bonds. The highest BCUT2D eigenvalue weighted by atomic mass is 16.6. The topological polar surface area (TPSA) is 86.7 Å². The standard InChI is InChI=1S/C19H28O6/c1-5-24-17(22)19(10-9-13(3)4,18(23)25-6-2)11-15-14(12-20)7-8-16(15)21/h9,12,14-15H,5-8,10-11H2,1-4H3/t14-,15-/m0/s1. The predicted molar refractivity (Wildman–Crippen MR) is 91.6 cm³/mol. The van der Waals surface area contributed by atoms with Crippen LogP contribution in [0, 0.1) is 17.3 Å². The molecule has 6 heteroatoms. The van der Waals surface area contributed by atoms with Gasteiger partial charge >= 0.3 is 11.9 Å². The number of hydrogen-bond acceptors (Lipinski definition) is 6. The fourth-order valence-corrected chi connectivity index (χ4v) is 3.15. The fourth-order valence-electron chi connectivity index (χ4n) is 3.15. The number of hydrogen-bond donors (Lipinski definition) is 0. The second-order valence-corrected chi connectivity index (χ2v) is 6.62. The summed E-state index contributed by atoms with van der Waals surface area (Å²) in [6.07, 6.45) is 3.29. The van der Waals surface area contributed by atoms with Crippen LogP contribution in [0.4, 0.5) is 0 Å². The van der Waals surface area contributed by atoms with Crippen LogP contribution in [0.1, 0.15) is 53.4 Å². The number of aldehydes is 1. The minimum Gasteiger partial charge on any atom is -0.465 e. The van der Waals surface area contributed by atoms with E-state index in [1.165, 1.54) is 0 Å². The number of carbonyl (C=O) groups is 4. The van der Waals surface area contributed by atoms with E-state index in [-0.39, 0.29) is 31.8 Å².